The summed E-state index contributed by atoms with van der Waals surface area (Å²) in [4.78, 5) is 10.4. The highest BCUT2D eigenvalue weighted by Crippen LogP contribution is 2.15. The maximum absolute atomic E-state index is 12.8. The van der Waals surface area contributed by atoms with Crippen LogP contribution in [0.5, 0.6) is 5.75 Å². The number of aryl methyl sites for hydroxylation is 1. The summed E-state index contributed by atoms with van der Waals surface area (Å²) in [5, 5.41) is 0. The Morgan fingerprint density at radius 2 is 2.29 bits per heavy atom. The Labute approximate surface area is 81.7 Å². The Morgan fingerprint density at radius 3 is 2.86 bits per heavy atom. The number of halogens is 1. The van der Waals surface area contributed by atoms with Crippen LogP contribution >= 0.6 is 0 Å². The molecule has 14 heavy (non-hydrogen) atoms. The largest absolute Gasteiger partial charge is 0.493 e. The van der Waals surface area contributed by atoms with E-state index >= 15 is 0 Å². The summed E-state index contributed by atoms with van der Waals surface area (Å²) < 4.78 is 18.0. The number of rotatable bonds is 4. The van der Waals surface area contributed by atoms with Crippen molar-refractivity contribution < 1.29 is 13.9 Å². The van der Waals surface area contributed by atoms with E-state index in [2.05, 4.69) is 0 Å². The van der Waals surface area contributed by atoms with Crippen molar-refractivity contribution in [1.82, 2.24) is 0 Å². The quantitative estimate of drug-likeness (QED) is 0.792. The molecule has 0 heterocycles. The Bertz CT molecular complexity index is 339. The highest BCUT2D eigenvalue weighted by atomic mass is 19.1. The van der Waals surface area contributed by atoms with Crippen molar-refractivity contribution in [3.8, 4) is 5.75 Å². The third kappa shape index (κ3) is 3.05. The number of amides is 1. The molecule has 1 aromatic rings. The Balaban J connectivity index is 2.51. The fourth-order valence-corrected chi connectivity index (χ4v) is 0.976. The average molecular weight is 197 g/mol. The zero-order valence-electron chi connectivity index (χ0n) is 7.92. The summed E-state index contributed by atoms with van der Waals surface area (Å²) in [5.74, 6) is -0.138. The van der Waals surface area contributed by atoms with Crippen LogP contribution in [0.4, 0.5) is 4.39 Å². The van der Waals surface area contributed by atoms with Crippen LogP contribution < -0.4 is 10.5 Å². The first-order valence-corrected chi connectivity index (χ1v) is 4.27. The van der Waals surface area contributed by atoms with Crippen LogP contribution in [0.2, 0.25) is 0 Å². The average Bonchev–Trinajstić information content (AvgIpc) is 2.10. The van der Waals surface area contributed by atoms with Gasteiger partial charge in [0.15, 0.2) is 0 Å². The number of hydrogen-bond donors (Lipinski definition) is 1. The van der Waals surface area contributed by atoms with Crippen LogP contribution in [0, 0.1) is 12.7 Å². The molecule has 0 aliphatic heterocycles. The molecule has 76 valence electrons. The lowest BCUT2D eigenvalue weighted by Crippen LogP contribution is -2.14. The Hall–Kier alpha value is -1.58. The summed E-state index contributed by atoms with van der Waals surface area (Å²) >= 11 is 0. The van der Waals surface area contributed by atoms with E-state index in [-0.39, 0.29) is 18.8 Å². The van der Waals surface area contributed by atoms with Crippen LogP contribution in [0.25, 0.3) is 0 Å². The van der Waals surface area contributed by atoms with Crippen LogP contribution in [0.1, 0.15) is 12.0 Å². The van der Waals surface area contributed by atoms with E-state index in [1.54, 1.807) is 13.0 Å². The van der Waals surface area contributed by atoms with Gasteiger partial charge in [-0.25, -0.2) is 4.39 Å². The van der Waals surface area contributed by atoms with Crippen molar-refractivity contribution in [2.45, 2.75) is 13.3 Å². The lowest BCUT2D eigenvalue weighted by Gasteiger charge is -2.05. The fraction of sp³-hybridized carbons (Fsp3) is 0.300. The summed E-state index contributed by atoms with van der Waals surface area (Å²) in [6, 6.07) is 4.43. The second kappa shape index (κ2) is 4.60. The van der Waals surface area contributed by atoms with Gasteiger partial charge in [-0.15, -0.1) is 0 Å². The molecule has 0 aromatic heterocycles. The van der Waals surface area contributed by atoms with Crippen molar-refractivity contribution in [3.05, 3.63) is 29.6 Å². The molecule has 0 aliphatic carbocycles. The molecule has 0 atom stereocenters. The SMILES string of the molecule is Cc1cc(OCCC(N)=O)ccc1F. The van der Waals surface area contributed by atoms with Crippen LogP contribution in [0.3, 0.4) is 0 Å². The minimum Gasteiger partial charge on any atom is -0.493 e. The monoisotopic (exact) mass is 197 g/mol. The number of carbonyl (C=O) groups excluding carboxylic acids is 1. The molecule has 1 rings (SSSR count). The van der Waals surface area contributed by atoms with Gasteiger partial charge in [0.2, 0.25) is 5.91 Å². The van der Waals surface area contributed by atoms with Gasteiger partial charge in [0, 0.05) is 0 Å². The molecule has 0 fully saturated rings. The summed E-state index contributed by atoms with van der Waals surface area (Å²) in [7, 11) is 0. The van der Waals surface area contributed by atoms with E-state index in [0.717, 1.165) is 0 Å². The molecule has 3 nitrogen and oxygen atoms in total. The lowest BCUT2D eigenvalue weighted by molar-refractivity contribution is -0.118. The van der Waals surface area contributed by atoms with Crippen LogP contribution in [0.15, 0.2) is 18.2 Å². The van der Waals surface area contributed by atoms with Crippen molar-refractivity contribution in [1.29, 1.82) is 0 Å². The molecule has 0 aliphatic rings. The number of nitrogens with two attached hydrogens (primary N) is 1. The van der Waals surface area contributed by atoms with E-state index in [9.17, 15) is 9.18 Å². The lowest BCUT2D eigenvalue weighted by atomic mass is 10.2. The number of ether oxygens (including phenoxy) is 1. The molecule has 2 N–H and O–H groups in total. The number of benzene rings is 1. The highest BCUT2D eigenvalue weighted by Gasteiger charge is 2.00. The Morgan fingerprint density at radius 1 is 1.57 bits per heavy atom. The van der Waals surface area contributed by atoms with Gasteiger partial charge < -0.3 is 10.5 Å². The molecule has 4 heteroatoms. The molecule has 0 saturated carbocycles. The highest BCUT2D eigenvalue weighted by molar-refractivity contribution is 5.73. The minimum atomic E-state index is -0.413. The first-order valence-electron chi connectivity index (χ1n) is 4.27. The van der Waals surface area contributed by atoms with Gasteiger partial charge in [-0.1, -0.05) is 0 Å². The van der Waals surface area contributed by atoms with Gasteiger partial charge in [-0.3, -0.25) is 4.79 Å². The second-order valence-electron chi connectivity index (χ2n) is 2.98. The normalized spacial score (nSPS) is 9.86. The number of carbonyl (C=O) groups is 1. The van der Waals surface area contributed by atoms with Crippen LogP contribution in [-0.4, -0.2) is 12.5 Å². The van der Waals surface area contributed by atoms with E-state index < -0.39 is 5.91 Å². The molecular formula is C10H12FNO2. The van der Waals surface area contributed by atoms with Gasteiger partial charge >= 0.3 is 0 Å². The van der Waals surface area contributed by atoms with E-state index in [1.807, 2.05) is 0 Å². The molecule has 0 bridgehead atoms. The fourth-order valence-electron chi connectivity index (χ4n) is 0.976. The summed E-state index contributed by atoms with van der Waals surface area (Å²) in [6.07, 6.45) is 0.163. The molecule has 0 unspecified atom stereocenters. The van der Waals surface area contributed by atoms with Gasteiger partial charge in [-0.05, 0) is 30.7 Å². The third-order valence-corrected chi connectivity index (χ3v) is 1.75. The van der Waals surface area contributed by atoms with Gasteiger partial charge in [0.05, 0.1) is 13.0 Å². The maximum Gasteiger partial charge on any atom is 0.220 e. The van der Waals surface area contributed by atoms with Crippen molar-refractivity contribution in [2.75, 3.05) is 6.61 Å². The number of hydrogen-bond acceptors (Lipinski definition) is 2. The summed E-state index contributed by atoms with van der Waals surface area (Å²) in [5.41, 5.74) is 5.45. The van der Waals surface area contributed by atoms with Crippen molar-refractivity contribution in [3.63, 3.8) is 0 Å². The van der Waals surface area contributed by atoms with Crippen molar-refractivity contribution in [2.24, 2.45) is 5.73 Å². The van der Waals surface area contributed by atoms with Gasteiger partial charge in [0.1, 0.15) is 11.6 Å². The van der Waals surface area contributed by atoms with E-state index in [0.29, 0.717) is 11.3 Å². The third-order valence-electron chi connectivity index (χ3n) is 1.75. The predicted octanol–water partition coefficient (Wildman–Crippen LogP) is 1.39. The Kier molecular flexibility index (Phi) is 3.45. The smallest absolute Gasteiger partial charge is 0.220 e. The standard InChI is InChI=1S/C10H12FNO2/c1-7-6-8(2-3-9(7)11)14-5-4-10(12)13/h2-3,6H,4-5H2,1H3,(H2,12,13). The van der Waals surface area contributed by atoms with Crippen molar-refractivity contribution >= 4 is 5.91 Å². The minimum absolute atomic E-state index is 0.163. The molecular weight excluding hydrogens is 185 g/mol. The van der Waals surface area contributed by atoms with E-state index in [4.69, 9.17) is 10.5 Å². The first-order chi connectivity index (χ1) is 6.59. The summed E-state index contributed by atoms with van der Waals surface area (Å²) in [6.45, 7) is 1.87. The molecule has 1 aromatic carbocycles. The van der Waals surface area contributed by atoms with Crippen LogP contribution in [-0.2, 0) is 4.79 Å². The van der Waals surface area contributed by atoms with E-state index in [1.165, 1.54) is 12.1 Å². The van der Waals surface area contributed by atoms with Gasteiger partial charge in [0.25, 0.3) is 0 Å². The molecule has 1 amide bonds. The molecule has 0 spiro atoms. The predicted molar refractivity (Wildman–Crippen MR) is 50.4 cm³/mol. The zero-order valence-corrected chi connectivity index (χ0v) is 7.92. The second-order valence-corrected chi connectivity index (χ2v) is 2.98. The zero-order chi connectivity index (χ0) is 10.6. The maximum atomic E-state index is 12.8. The molecule has 0 radical (unpaired) electrons. The first kappa shape index (κ1) is 10.5. The number of primary amides is 1. The van der Waals surface area contributed by atoms with Gasteiger partial charge in [-0.2, -0.15) is 0 Å². The molecule has 0 saturated heterocycles. The topological polar surface area (TPSA) is 52.3 Å².